The summed E-state index contributed by atoms with van der Waals surface area (Å²) in [4.78, 5) is 0. The van der Waals surface area contributed by atoms with Gasteiger partial charge in [-0.25, -0.2) is 0 Å². The number of unbranched alkanes of at least 4 members (excludes halogenated alkanes) is 2. The Morgan fingerprint density at radius 1 is 0.792 bits per heavy atom. The summed E-state index contributed by atoms with van der Waals surface area (Å²) >= 11 is 0. The molecule has 2 rings (SSSR count). The van der Waals surface area contributed by atoms with Crippen LogP contribution in [0.1, 0.15) is 104 Å². The average Bonchev–Trinajstić information content (AvgIpc) is 2.64. The van der Waals surface area contributed by atoms with Gasteiger partial charge in [-0.1, -0.05) is 51.7 Å². The SMILES string of the molecule is CCCCC=CC1CCC(CCC2CCC(OCCC)CC2)CC1. The fourth-order valence-corrected chi connectivity index (χ4v) is 4.62. The van der Waals surface area contributed by atoms with Crippen molar-refractivity contribution in [3.63, 3.8) is 0 Å². The summed E-state index contributed by atoms with van der Waals surface area (Å²) in [5.41, 5.74) is 0. The van der Waals surface area contributed by atoms with Crippen molar-refractivity contribution in [2.24, 2.45) is 17.8 Å². The largest absolute Gasteiger partial charge is 0.378 e. The first-order valence-corrected chi connectivity index (χ1v) is 11.1. The maximum atomic E-state index is 5.93. The molecule has 0 bridgehead atoms. The highest BCUT2D eigenvalue weighted by atomic mass is 16.5. The zero-order valence-electron chi connectivity index (χ0n) is 16.5. The number of hydrogen-bond donors (Lipinski definition) is 0. The van der Waals surface area contributed by atoms with Crippen molar-refractivity contribution in [2.45, 2.75) is 110 Å². The van der Waals surface area contributed by atoms with Gasteiger partial charge < -0.3 is 4.74 Å². The van der Waals surface area contributed by atoms with Gasteiger partial charge in [0.05, 0.1) is 6.10 Å². The van der Waals surface area contributed by atoms with Crippen molar-refractivity contribution in [1.29, 1.82) is 0 Å². The summed E-state index contributed by atoms with van der Waals surface area (Å²) < 4.78 is 5.93. The molecular formula is C23H42O. The minimum Gasteiger partial charge on any atom is -0.378 e. The second-order valence-electron chi connectivity index (χ2n) is 8.44. The lowest BCUT2D eigenvalue weighted by atomic mass is 9.77. The topological polar surface area (TPSA) is 9.23 Å². The normalized spacial score (nSPS) is 31.6. The summed E-state index contributed by atoms with van der Waals surface area (Å²) in [5.74, 6) is 2.92. The predicted octanol–water partition coefficient (Wildman–Crippen LogP) is 7.30. The third kappa shape index (κ3) is 7.72. The van der Waals surface area contributed by atoms with Crippen LogP contribution in [0.4, 0.5) is 0 Å². The van der Waals surface area contributed by atoms with Gasteiger partial charge in [-0.2, -0.15) is 0 Å². The maximum absolute atomic E-state index is 5.93. The number of rotatable bonds is 10. The molecule has 140 valence electrons. The molecule has 2 fully saturated rings. The van der Waals surface area contributed by atoms with Crippen LogP contribution in [0.15, 0.2) is 12.2 Å². The van der Waals surface area contributed by atoms with Crippen LogP contribution in [-0.4, -0.2) is 12.7 Å². The van der Waals surface area contributed by atoms with Crippen molar-refractivity contribution in [3.05, 3.63) is 12.2 Å². The van der Waals surface area contributed by atoms with Crippen LogP contribution < -0.4 is 0 Å². The lowest BCUT2D eigenvalue weighted by Gasteiger charge is -2.31. The molecule has 2 aliphatic carbocycles. The molecule has 1 nitrogen and oxygen atoms in total. The molecule has 0 aromatic rings. The van der Waals surface area contributed by atoms with E-state index in [4.69, 9.17) is 4.74 Å². The second-order valence-corrected chi connectivity index (χ2v) is 8.44. The lowest BCUT2D eigenvalue weighted by molar-refractivity contribution is 0.0168. The lowest BCUT2D eigenvalue weighted by Crippen LogP contribution is -2.22. The van der Waals surface area contributed by atoms with E-state index < -0.39 is 0 Å². The molecule has 2 saturated carbocycles. The highest BCUT2D eigenvalue weighted by Crippen LogP contribution is 2.36. The Morgan fingerprint density at radius 3 is 2.00 bits per heavy atom. The van der Waals surface area contributed by atoms with Gasteiger partial charge in [-0.05, 0) is 82.0 Å². The highest BCUT2D eigenvalue weighted by molar-refractivity contribution is 4.91. The third-order valence-corrected chi connectivity index (χ3v) is 6.36. The van der Waals surface area contributed by atoms with E-state index in [0.29, 0.717) is 6.10 Å². The van der Waals surface area contributed by atoms with Crippen molar-refractivity contribution in [2.75, 3.05) is 6.61 Å². The molecule has 0 atom stereocenters. The van der Waals surface area contributed by atoms with E-state index in [-0.39, 0.29) is 0 Å². The Kier molecular flexibility index (Phi) is 10.1. The van der Waals surface area contributed by atoms with Crippen molar-refractivity contribution >= 4 is 0 Å². The van der Waals surface area contributed by atoms with Crippen LogP contribution in [-0.2, 0) is 4.74 Å². The van der Waals surface area contributed by atoms with E-state index in [1.165, 1.54) is 83.5 Å². The van der Waals surface area contributed by atoms with Gasteiger partial charge in [0.1, 0.15) is 0 Å². The van der Waals surface area contributed by atoms with Crippen LogP contribution in [0.5, 0.6) is 0 Å². The molecule has 0 aromatic carbocycles. The molecule has 0 spiro atoms. The van der Waals surface area contributed by atoms with Crippen LogP contribution in [0.3, 0.4) is 0 Å². The van der Waals surface area contributed by atoms with Crippen molar-refractivity contribution in [3.8, 4) is 0 Å². The molecule has 0 aromatic heterocycles. The first-order chi connectivity index (χ1) is 11.8. The standard InChI is InChI=1S/C23H42O/c1-3-5-6-7-8-20-9-11-21(12-10-20)13-14-22-15-17-23(18-16-22)24-19-4-2/h7-8,20-23H,3-6,9-19H2,1-2H3. The number of allylic oxidation sites excluding steroid dienone is 2. The van der Waals surface area contributed by atoms with E-state index in [9.17, 15) is 0 Å². The Balaban J connectivity index is 1.53. The zero-order valence-corrected chi connectivity index (χ0v) is 16.5. The summed E-state index contributed by atoms with van der Waals surface area (Å²) in [6, 6.07) is 0. The minimum absolute atomic E-state index is 0.580. The summed E-state index contributed by atoms with van der Waals surface area (Å²) in [6.45, 7) is 5.45. The van der Waals surface area contributed by atoms with Crippen molar-refractivity contribution in [1.82, 2.24) is 0 Å². The fraction of sp³-hybridized carbons (Fsp3) is 0.913. The molecule has 0 saturated heterocycles. The summed E-state index contributed by atoms with van der Waals surface area (Å²) in [5, 5.41) is 0. The van der Waals surface area contributed by atoms with E-state index in [1.807, 2.05) is 0 Å². The van der Waals surface area contributed by atoms with Crippen LogP contribution >= 0.6 is 0 Å². The Bertz CT molecular complexity index is 319. The van der Waals surface area contributed by atoms with Gasteiger partial charge in [0.15, 0.2) is 0 Å². The summed E-state index contributed by atoms with van der Waals surface area (Å²) in [6.07, 6.45) is 25.0. The molecule has 0 radical (unpaired) electrons. The summed E-state index contributed by atoms with van der Waals surface area (Å²) in [7, 11) is 0. The highest BCUT2D eigenvalue weighted by Gasteiger charge is 2.24. The molecule has 0 amide bonds. The van der Waals surface area contributed by atoms with Crippen molar-refractivity contribution < 1.29 is 4.74 Å². The zero-order chi connectivity index (χ0) is 17.0. The van der Waals surface area contributed by atoms with Gasteiger partial charge in [-0.15, -0.1) is 0 Å². The maximum Gasteiger partial charge on any atom is 0.0575 e. The van der Waals surface area contributed by atoms with Crippen LogP contribution in [0, 0.1) is 17.8 Å². The predicted molar refractivity (Wildman–Crippen MR) is 105 cm³/mol. The van der Waals surface area contributed by atoms with Gasteiger partial charge in [0, 0.05) is 6.61 Å². The molecule has 0 heterocycles. The smallest absolute Gasteiger partial charge is 0.0575 e. The third-order valence-electron chi connectivity index (χ3n) is 6.36. The molecule has 24 heavy (non-hydrogen) atoms. The number of hydrogen-bond acceptors (Lipinski definition) is 1. The fourth-order valence-electron chi connectivity index (χ4n) is 4.62. The van der Waals surface area contributed by atoms with E-state index >= 15 is 0 Å². The Hall–Kier alpha value is -0.300. The molecule has 0 unspecified atom stereocenters. The van der Waals surface area contributed by atoms with Gasteiger partial charge >= 0.3 is 0 Å². The van der Waals surface area contributed by atoms with Crippen LogP contribution in [0.2, 0.25) is 0 Å². The molecule has 0 N–H and O–H groups in total. The average molecular weight is 335 g/mol. The monoisotopic (exact) mass is 334 g/mol. The first-order valence-electron chi connectivity index (χ1n) is 11.1. The van der Waals surface area contributed by atoms with Gasteiger partial charge in [-0.3, -0.25) is 0 Å². The minimum atomic E-state index is 0.580. The van der Waals surface area contributed by atoms with E-state index in [1.54, 1.807) is 0 Å². The number of ether oxygens (including phenoxy) is 1. The van der Waals surface area contributed by atoms with Crippen LogP contribution in [0.25, 0.3) is 0 Å². The second kappa shape index (κ2) is 12.1. The Morgan fingerprint density at radius 2 is 1.42 bits per heavy atom. The molecule has 1 heteroatoms. The molecular weight excluding hydrogens is 292 g/mol. The molecule has 2 aliphatic rings. The molecule has 0 aliphatic heterocycles. The first kappa shape index (κ1) is 20.0. The quantitative estimate of drug-likeness (QED) is 0.301. The van der Waals surface area contributed by atoms with Gasteiger partial charge in [0.2, 0.25) is 0 Å². The van der Waals surface area contributed by atoms with E-state index in [2.05, 4.69) is 26.0 Å². The van der Waals surface area contributed by atoms with E-state index in [0.717, 1.165) is 30.8 Å². The van der Waals surface area contributed by atoms with Gasteiger partial charge in [0.25, 0.3) is 0 Å². The Labute approximate surface area is 151 Å².